The molecule has 0 unspecified atom stereocenters. The number of furan rings is 1. The van der Waals surface area contributed by atoms with E-state index in [-0.39, 0.29) is 11.9 Å². The Morgan fingerprint density at radius 2 is 2.00 bits per heavy atom. The van der Waals surface area contributed by atoms with Gasteiger partial charge >= 0.3 is 0 Å². The minimum atomic E-state index is -0.250. The lowest BCUT2D eigenvalue weighted by Crippen LogP contribution is -2.28. The Kier molecular flexibility index (Phi) is 3.51. The lowest BCUT2D eigenvalue weighted by molar-refractivity contribution is 0.0904. The molecule has 2 heterocycles. The first kappa shape index (κ1) is 12.2. The van der Waals surface area contributed by atoms with E-state index in [9.17, 15) is 4.39 Å². The number of hydrogen-bond donors (Lipinski definition) is 1. The van der Waals surface area contributed by atoms with Crippen LogP contribution in [0.5, 0.6) is 0 Å². The zero-order valence-corrected chi connectivity index (χ0v) is 10.6. The van der Waals surface area contributed by atoms with E-state index < -0.39 is 0 Å². The smallest absolute Gasteiger partial charge is 0.147 e. The maximum Gasteiger partial charge on any atom is 0.147 e. The van der Waals surface area contributed by atoms with Crippen molar-refractivity contribution in [2.24, 2.45) is 0 Å². The maximum atomic E-state index is 14.1. The van der Waals surface area contributed by atoms with Gasteiger partial charge in [0.15, 0.2) is 0 Å². The van der Waals surface area contributed by atoms with Crippen LogP contribution in [0.15, 0.2) is 41.0 Å². The van der Waals surface area contributed by atoms with Gasteiger partial charge in [-0.05, 0) is 43.2 Å². The molecule has 4 heteroatoms. The molecule has 1 aliphatic rings. The third kappa shape index (κ3) is 2.79. The monoisotopic (exact) mass is 261 g/mol. The number of rotatable bonds is 3. The van der Waals surface area contributed by atoms with E-state index in [4.69, 9.17) is 9.15 Å². The van der Waals surface area contributed by atoms with Crippen LogP contribution < -0.4 is 5.32 Å². The van der Waals surface area contributed by atoms with Gasteiger partial charge in [0.1, 0.15) is 11.6 Å². The van der Waals surface area contributed by atoms with E-state index in [0.717, 1.165) is 31.6 Å². The fourth-order valence-electron chi connectivity index (χ4n) is 2.29. The van der Waals surface area contributed by atoms with E-state index >= 15 is 0 Å². The van der Waals surface area contributed by atoms with Gasteiger partial charge in [0, 0.05) is 24.8 Å². The van der Waals surface area contributed by atoms with E-state index in [1.54, 1.807) is 18.4 Å². The van der Waals surface area contributed by atoms with Crippen molar-refractivity contribution in [2.75, 3.05) is 18.5 Å². The molecule has 19 heavy (non-hydrogen) atoms. The summed E-state index contributed by atoms with van der Waals surface area (Å²) >= 11 is 0. The highest BCUT2D eigenvalue weighted by atomic mass is 19.1. The number of hydrogen-bond acceptors (Lipinski definition) is 3. The summed E-state index contributed by atoms with van der Waals surface area (Å²) in [7, 11) is 0. The second-order valence-corrected chi connectivity index (χ2v) is 4.70. The Morgan fingerprint density at radius 3 is 2.68 bits per heavy atom. The predicted molar refractivity (Wildman–Crippen MR) is 71.6 cm³/mol. The third-order valence-electron chi connectivity index (χ3n) is 3.36. The highest BCUT2D eigenvalue weighted by Crippen LogP contribution is 2.26. The minimum Gasteiger partial charge on any atom is -0.464 e. The molecule has 1 N–H and O–H groups in total. The second-order valence-electron chi connectivity index (χ2n) is 4.70. The Labute approximate surface area is 111 Å². The van der Waals surface area contributed by atoms with Gasteiger partial charge in [-0.3, -0.25) is 0 Å². The quantitative estimate of drug-likeness (QED) is 0.915. The topological polar surface area (TPSA) is 34.4 Å². The molecule has 3 nitrogen and oxygen atoms in total. The van der Waals surface area contributed by atoms with Crippen LogP contribution in [0.25, 0.3) is 11.3 Å². The minimum absolute atomic E-state index is 0.250. The first-order valence-electron chi connectivity index (χ1n) is 6.50. The van der Waals surface area contributed by atoms with Crippen molar-refractivity contribution in [2.45, 2.75) is 18.9 Å². The summed E-state index contributed by atoms with van der Waals surface area (Å²) in [6.07, 6.45) is 3.42. The molecule has 0 radical (unpaired) electrons. The number of ether oxygens (including phenoxy) is 1. The molecule has 1 aromatic carbocycles. The molecular formula is C15H16FNO2. The molecule has 0 spiro atoms. The molecule has 0 atom stereocenters. The van der Waals surface area contributed by atoms with Crippen LogP contribution >= 0.6 is 0 Å². The fourth-order valence-corrected chi connectivity index (χ4v) is 2.29. The van der Waals surface area contributed by atoms with E-state index in [0.29, 0.717) is 11.4 Å². The van der Waals surface area contributed by atoms with Gasteiger partial charge in [0.05, 0.1) is 12.0 Å². The first-order valence-corrected chi connectivity index (χ1v) is 6.50. The van der Waals surface area contributed by atoms with Crippen molar-refractivity contribution in [1.29, 1.82) is 0 Å². The molecule has 0 aliphatic carbocycles. The lowest BCUT2D eigenvalue weighted by Gasteiger charge is -2.24. The number of benzene rings is 1. The van der Waals surface area contributed by atoms with Crippen molar-refractivity contribution < 1.29 is 13.5 Å². The van der Waals surface area contributed by atoms with Crippen LogP contribution in [0.3, 0.4) is 0 Å². The average Bonchev–Trinajstić information content (AvgIpc) is 2.96. The van der Waals surface area contributed by atoms with Gasteiger partial charge in [-0.15, -0.1) is 0 Å². The van der Waals surface area contributed by atoms with Crippen LogP contribution in [0.2, 0.25) is 0 Å². The highest BCUT2D eigenvalue weighted by Gasteiger charge is 2.15. The molecule has 1 fully saturated rings. The van der Waals surface area contributed by atoms with Gasteiger partial charge in [0.2, 0.25) is 0 Å². The van der Waals surface area contributed by atoms with Crippen LogP contribution in [0.4, 0.5) is 10.1 Å². The number of nitrogens with one attached hydrogen (secondary N) is 1. The molecule has 1 aromatic heterocycles. The molecule has 2 aromatic rings. The standard InChI is InChI=1S/C15H16FNO2/c16-13-10-11(15-2-1-7-19-15)3-4-14(13)17-12-5-8-18-9-6-12/h1-4,7,10,12,17H,5-6,8-9H2. The van der Waals surface area contributed by atoms with Gasteiger partial charge in [0.25, 0.3) is 0 Å². The molecule has 1 saturated heterocycles. The summed E-state index contributed by atoms with van der Waals surface area (Å²) in [4.78, 5) is 0. The molecule has 0 bridgehead atoms. The van der Waals surface area contributed by atoms with Crippen LogP contribution in [-0.4, -0.2) is 19.3 Å². The summed E-state index contributed by atoms with van der Waals surface area (Å²) in [6.45, 7) is 1.48. The number of anilines is 1. The van der Waals surface area contributed by atoms with Gasteiger partial charge in [-0.1, -0.05) is 0 Å². The zero-order chi connectivity index (χ0) is 13.1. The van der Waals surface area contributed by atoms with E-state index in [2.05, 4.69) is 5.32 Å². The summed E-state index contributed by atoms with van der Waals surface area (Å²) < 4.78 is 24.6. The third-order valence-corrected chi connectivity index (χ3v) is 3.36. The van der Waals surface area contributed by atoms with Crippen molar-refractivity contribution in [3.63, 3.8) is 0 Å². The summed E-state index contributed by atoms with van der Waals surface area (Å²) in [5.74, 6) is 0.428. The Balaban J connectivity index is 1.76. The van der Waals surface area contributed by atoms with Crippen molar-refractivity contribution in [3.05, 3.63) is 42.4 Å². The predicted octanol–water partition coefficient (Wildman–Crippen LogP) is 3.68. The number of halogens is 1. The molecule has 0 saturated carbocycles. The molecule has 0 amide bonds. The highest BCUT2D eigenvalue weighted by molar-refractivity contribution is 5.62. The van der Waals surface area contributed by atoms with Crippen LogP contribution in [0.1, 0.15) is 12.8 Å². The molecule has 1 aliphatic heterocycles. The van der Waals surface area contributed by atoms with Gasteiger partial charge in [-0.25, -0.2) is 4.39 Å². The van der Waals surface area contributed by atoms with Crippen molar-refractivity contribution in [3.8, 4) is 11.3 Å². The Bertz CT molecular complexity index is 533. The second kappa shape index (κ2) is 5.45. The fraction of sp³-hybridized carbons (Fsp3) is 0.333. The zero-order valence-electron chi connectivity index (χ0n) is 10.6. The summed E-state index contributed by atoms with van der Waals surface area (Å²) in [5, 5.41) is 3.24. The average molecular weight is 261 g/mol. The summed E-state index contributed by atoms with van der Waals surface area (Å²) in [6, 6.07) is 9.03. The van der Waals surface area contributed by atoms with Crippen LogP contribution in [0, 0.1) is 5.82 Å². The Hall–Kier alpha value is -1.81. The van der Waals surface area contributed by atoms with Gasteiger partial charge in [-0.2, -0.15) is 0 Å². The SMILES string of the molecule is Fc1cc(-c2ccco2)ccc1NC1CCOCC1. The normalized spacial score (nSPS) is 16.5. The molecular weight excluding hydrogens is 245 g/mol. The Morgan fingerprint density at radius 1 is 1.16 bits per heavy atom. The molecule has 100 valence electrons. The van der Waals surface area contributed by atoms with Crippen molar-refractivity contribution in [1.82, 2.24) is 0 Å². The van der Waals surface area contributed by atoms with E-state index in [1.807, 2.05) is 12.1 Å². The first-order chi connectivity index (χ1) is 9.33. The van der Waals surface area contributed by atoms with E-state index in [1.165, 1.54) is 6.07 Å². The lowest BCUT2D eigenvalue weighted by atomic mass is 10.1. The largest absolute Gasteiger partial charge is 0.464 e. The maximum absolute atomic E-state index is 14.1. The molecule has 3 rings (SSSR count). The van der Waals surface area contributed by atoms with Crippen LogP contribution in [-0.2, 0) is 4.74 Å². The van der Waals surface area contributed by atoms with Gasteiger partial charge < -0.3 is 14.5 Å². The summed E-state index contributed by atoms with van der Waals surface area (Å²) in [5.41, 5.74) is 1.29. The van der Waals surface area contributed by atoms with Crippen molar-refractivity contribution >= 4 is 5.69 Å².